The number of anilines is 1. The second-order valence-corrected chi connectivity index (χ2v) is 5.96. The number of nitrogens with two attached hydrogens (primary N) is 1. The third-order valence-electron chi connectivity index (χ3n) is 4.16. The Labute approximate surface area is 127 Å². The van der Waals surface area contributed by atoms with Crippen LogP contribution in [0.1, 0.15) is 18.4 Å². The number of benzene rings is 1. The molecule has 1 saturated heterocycles. The Morgan fingerprint density at radius 2 is 1.95 bits per heavy atom. The zero-order valence-corrected chi connectivity index (χ0v) is 13.0. The van der Waals surface area contributed by atoms with Crippen molar-refractivity contribution >= 4 is 11.7 Å². The maximum Gasteiger partial charge on any atom is 0.321 e. The molecular weight excluding hydrogens is 264 g/mol. The number of rotatable bonds is 4. The first-order valence-corrected chi connectivity index (χ1v) is 7.58. The van der Waals surface area contributed by atoms with E-state index in [9.17, 15) is 4.79 Å². The van der Waals surface area contributed by atoms with Gasteiger partial charge in [0, 0.05) is 25.8 Å². The van der Waals surface area contributed by atoms with E-state index < -0.39 is 0 Å². The molecule has 2 amide bonds. The van der Waals surface area contributed by atoms with Crippen molar-refractivity contribution in [3.63, 3.8) is 0 Å². The van der Waals surface area contributed by atoms with Gasteiger partial charge in [0.15, 0.2) is 0 Å². The van der Waals surface area contributed by atoms with Crippen LogP contribution in [0.5, 0.6) is 0 Å². The van der Waals surface area contributed by atoms with Crippen molar-refractivity contribution in [2.24, 2.45) is 11.7 Å². The Morgan fingerprint density at radius 3 is 2.52 bits per heavy atom. The normalized spacial score (nSPS) is 16.7. The van der Waals surface area contributed by atoms with Gasteiger partial charge in [-0.05, 0) is 56.6 Å². The standard InChI is InChI=1S/C16H26N4O/c1-19-9-7-14(8-10-19)12-20(2)16(21)18-15-5-3-13(11-17)4-6-15/h3-6,14H,7-12,17H2,1-2H3,(H,18,21). The van der Waals surface area contributed by atoms with Gasteiger partial charge in [0.25, 0.3) is 0 Å². The van der Waals surface area contributed by atoms with Gasteiger partial charge >= 0.3 is 6.03 Å². The summed E-state index contributed by atoms with van der Waals surface area (Å²) in [7, 11) is 4.01. The van der Waals surface area contributed by atoms with Crippen LogP contribution < -0.4 is 11.1 Å². The van der Waals surface area contributed by atoms with Crippen LogP contribution in [-0.2, 0) is 6.54 Å². The zero-order chi connectivity index (χ0) is 15.2. The van der Waals surface area contributed by atoms with E-state index in [0.717, 1.165) is 30.9 Å². The molecule has 21 heavy (non-hydrogen) atoms. The lowest BCUT2D eigenvalue weighted by Crippen LogP contribution is -2.39. The van der Waals surface area contributed by atoms with Crippen LogP contribution in [0.4, 0.5) is 10.5 Å². The van der Waals surface area contributed by atoms with Gasteiger partial charge in [0.2, 0.25) is 0 Å². The smallest absolute Gasteiger partial charge is 0.321 e. The Morgan fingerprint density at radius 1 is 1.33 bits per heavy atom. The second-order valence-electron chi connectivity index (χ2n) is 5.96. The minimum atomic E-state index is -0.0468. The summed E-state index contributed by atoms with van der Waals surface area (Å²) < 4.78 is 0. The van der Waals surface area contributed by atoms with Crippen molar-refractivity contribution < 1.29 is 4.79 Å². The highest BCUT2D eigenvalue weighted by atomic mass is 16.2. The molecule has 0 saturated carbocycles. The summed E-state index contributed by atoms with van der Waals surface area (Å²) in [6.07, 6.45) is 2.33. The van der Waals surface area contributed by atoms with Crippen LogP contribution in [0, 0.1) is 5.92 Å². The van der Waals surface area contributed by atoms with Gasteiger partial charge in [0.1, 0.15) is 0 Å². The molecule has 116 valence electrons. The Balaban J connectivity index is 1.81. The Bertz CT molecular complexity index is 452. The SMILES string of the molecule is CN1CCC(CN(C)C(=O)Nc2ccc(CN)cc2)CC1. The van der Waals surface area contributed by atoms with Gasteiger partial charge in [-0.1, -0.05) is 12.1 Å². The molecule has 5 heteroatoms. The molecule has 0 aliphatic carbocycles. The number of likely N-dealkylation sites (tertiary alicyclic amines) is 1. The molecule has 2 rings (SSSR count). The topological polar surface area (TPSA) is 61.6 Å². The highest BCUT2D eigenvalue weighted by molar-refractivity contribution is 5.89. The third kappa shape index (κ3) is 4.72. The predicted octanol–water partition coefficient (Wildman–Crippen LogP) is 1.95. The summed E-state index contributed by atoms with van der Waals surface area (Å²) >= 11 is 0. The van der Waals surface area contributed by atoms with Crippen molar-refractivity contribution in [2.75, 3.05) is 39.0 Å². The summed E-state index contributed by atoms with van der Waals surface area (Å²) in [5.41, 5.74) is 7.44. The molecule has 0 unspecified atom stereocenters. The van der Waals surface area contributed by atoms with Crippen LogP contribution in [-0.4, -0.2) is 49.6 Å². The van der Waals surface area contributed by atoms with E-state index in [-0.39, 0.29) is 6.03 Å². The number of hydrogen-bond acceptors (Lipinski definition) is 3. The second kappa shape index (κ2) is 7.43. The number of piperidine rings is 1. The molecule has 1 fully saturated rings. The minimum Gasteiger partial charge on any atom is -0.327 e. The first-order valence-electron chi connectivity index (χ1n) is 7.58. The summed E-state index contributed by atoms with van der Waals surface area (Å²) in [6, 6.07) is 7.61. The van der Waals surface area contributed by atoms with Crippen LogP contribution in [0.3, 0.4) is 0 Å². The number of hydrogen-bond donors (Lipinski definition) is 2. The Hall–Kier alpha value is -1.59. The number of urea groups is 1. The zero-order valence-electron chi connectivity index (χ0n) is 13.0. The quantitative estimate of drug-likeness (QED) is 0.891. The number of carbonyl (C=O) groups excluding carboxylic acids is 1. The Kier molecular flexibility index (Phi) is 5.59. The number of carbonyl (C=O) groups is 1. The summed E-state index contributed by atoms with van der Waals surface area (Å²) in [4.78, 5) is 16.3. The van der Waals surface area contributed by atoms with Gasteiger partial charge in [-0.15, -0.1) is 0 Å². The van der Waals surface area contributed by atoms with E-state index >= 15 is 0 Å². The van der Waals surface area contributed by atoms with Crippen LogP contribution in [0.25, 0.3) is 0 Å². The number of nitrogens with zero attached hydrogens (tertiary/aromatic N) is 2. The fraction of sp³-hybridized carbons (Fsp3) is 0.562. The fourth-order valence-electron chi connectivity index (χ4n) is 2.66. The van der Waals surface area contributed by atoms with Crippen molar-refractivity contribution in [3.05, 3.63) is 29.8 Å². The number of nitrogens with one attached hydrogen (secondary N) is 1. The van der Waals surface area contributed by atoms with Crippen LogP contribution in [0.15, 0.2) is 24.3 Å². The molecule has 1 aliphatic rings. The predicted molar refractivity (Wildman–Crippen MR) is 86.2 cm³/mol. The lowest BCUT2D eigenvalue weighted by Gasteiger charge is -2.31. The van der Waals surface area contributed by atoms with E-state index in [2.05, 4.69) is 17.3 Å². The van der Waals surface area contributed by atoms with E-state index in [1.807, 2.05) is 31.3 Å². The summed E-state index contributed by atoms with van der Waals surface area (Å²) in [5.74, 6) is 0.608. The van der Waals surface area contributed by atoms with Crippen molar-refractivity contribution in [2.45, 2.75) is 19.4 Å². The molecule has 1 aromatic rings. The average molecular weight is 290 g/mol. The first-order chi connectivity index (χ1) is 10.1. The van der Waals surface area contributed by atoms with Gasteiger partial charge in [-0.25, -0.2) is 4.79 Å². The molecule has 0 atom stereocenters. The third-order valence-corrected chi connectivity index (χ3v) is 4.16. The summed E-state index contributed by atoms with van der Waals surface area (Å²) in [5, 5.41) is 2.93. The molecular formula is C16H26N4O. The van der Waals surface area contributed by atoms with E-state index in [1.165, 1.54) is 12.8 Å². The van der Waals surface area contributed by atoms with Crippen molar-refractivity contribution in [3.8, 4) is 0 Å². The maximum absolute atomic E-state index is 12.2. The first kappa shape index (κ1) is 15.8. The molecule has 1 heterocycles. The van der Waals surface area contributed by atoms with Crippen LogP contribution in [0.2, 0.25) is 0 Å². The molecule has 0 spiro atoms. The largest absolute Gasteiger partial charge is 0.327 e. The fourth-order valence-corrected chi connectivity index (χ4v) is 2.66. The van der Waals surface area contributed by atoms with E-state index in [0.29, 0.717) is 12.5 Å². The van der Waals surface area contributed by atoms with Gasteiger partial charge in [-0.2, -0.15) is 0 Å². The molecule has 0 radical (unpaired) electrons. The molecule has 5 nitrogen and oxygen atoms in total. The van der Waals surface area contributed by atoms with Gasteiger partial charge < -0.3 is 20.9 Å². The highest BCUT2D eigenvalue weighted by Gasteiger charge is 2.20. The van der Waals surface area contributed by atoms with E-state index in [1.54, 1.807) is 4.90 Å². The van der Waals surface area contributed by atoms with Crippen LogP contribution >= 0.6 is 0 Å². The number of amides is 2. The van der Waals surface area contributed by atoms with Gasteiger partial charge in [0.05, 0.1) is 0 Å². The summed E-state index contributed by atoms with van der Waals surface area (Å²) in [6.45, 7) is 3.59. The lowest BCUT2D eigenvalue weighted by atomic mass is 9.97. The van der Waals surface area contributed by atoms with E-state index in [4.69, 9.17) is 5.73 Å². The monoisotopic (exact) mass is 290 g/mol. The molecule has 1 aromatic carbocycles. The molecule has 0 aromatic heterocycles. The van der Waals surface area contributed by atoms with Crippen molar-refractivity contribution in [1.29, 1.82) is 0 Å². The molecule has 1 aliphatic heterocycles. The highest BCUT2D eigenvalue weighted by Crippen LogP contribution is 2.17. The molecule has 0 bridgehead atoms. The van der Waals surface area contributed by atoms with Gasteiger partial charge in [-0.3, -0.25) is 0 Å². The average Bonchev–Trinajstić information content (AvgIpc) is 2.50. The lowest BCUT2D eigenvalue weighted by molar-refractivity contribution is 0.177. The van der Waals surface area contributed by atoms with Crippen molar-refractivity contribution in [1.82, 2.24) is 9.80 Å². The molecule has 3 N–H and O–H groups in total. The minimum absolute atomic E-state index is 0.0468. The maximum atomic E-state index is 12.2.